The van der Waals surface area contributed by atoms with Crippen molar-refractivity contribution >= 4 is 9.84 Å². The van der Waals surface area contributed by atoms with Crippen molar-refractivity contribution in [1.82, 2.24) is 24.7 Å². The molecule has 3 aromatic rings. The first kappa shape index (κ1) is 16.8. The lowest BCUT2D eigenvalue weighted by molar-refractivity contribution is 0.477. The summed E-state index contributed by atoms with van der Waals surface area (Å²) in [5.74, 6) is 1.73. The molecule has 0 saturated carbocycles. The van der Waals surface area contributed by atoms with Crippen molar-refractivity contribution in [3.8, 4) is 11.4 Å². The minimum absolute atomic E-state index is 0.128. The first-order chi connectivity index (χ1) is 12.6. The van der Waals surface area contributed by atoms with Gasteiger partial charge in [0.1, 0.15) is 5.82 Å². The predicted octanol–water partition coefficient (Wildman–Crippen LogP) is 1.88. The van der Waals surface area contributed by atoms with Gasteiger partial charge in [0.2, 0.25) is 0 Å². The maximum atomic E-state index is 11.9. The number of nitrogens with zero attached hydrogens (tertiary/aromatic N) is 5. The number of pyridine rings is 2. The van der Waals surface area contributed by atoms with E-state index in [-0.39, 0.29) is 17.5 Å². The monoisotopic (exact) mass is 369 g/mol. The summed E-state index contributed by atoms with van der Waals surface area (Å²) in [5, 5.41) is 4.63. The van der Waals surface area contributed by atoms with Gasteiger partial charge in [-0.05, 0) is 36.6 Å². The average Bonchev–Trinajstić information content (AvgIpc) is 3.24. The summed E-state index contributed by atoms with van der Waals surface area (Å²) in [5.41, 5.74) is 1.94. The zero-order chi connectivity index (χ0) is 18.0. The quantitative estimate of drug-likeness (QED) is 0.682. The highest BCUT2D eigenvalue weighted by Gasteiger charge is 2.31. The Kier molecular flexibility index (Phi) is 4.50. The average molecular weight is 369 g/mol. The van der Waals surface area contributed by atoms with Crippen LogP contribution in [-0.2, 0) is 22.7 Å². The lowest BCUT2D eigenvalue weighted by atomic mass is 10.1. The van der Waals surface area contributed by atoms with E-state index in [0.717, 1.165) is 23.4 Å². The number of aryl methyl sites for hydroxylation is 2. The van der Waals surface area contributed by atoms with E-state index < -0.39 is 9.84 Å². The van der Waals surface area contributed by atoms with Crippen LogP contribution in [0.15, 0.2) is 49.1 Å². The Bertz CT molecular complexity index is 987. The van der Waals surface area contributed by atoms with Crippen molar-refractivity contribution in [2.75, 3.05) is 11.5 Å². The van der Waals surface area contributed by atoms with Crippen LogP contribution in [0.25, 0.3) is 11.4 Å². The van der Waals surface area contributed by atoms with E-state index in [9.17, 15) is 8.42 Å². The third kappa shape index (κ3) is 3.65. The lowest BCUT2D eigenvalue weighted by Crippen LogP contribution is -2.16. The zero-order valence-corrected chi connectivity index (χ0v) is 15.0. The van der Waals surface area contributed by atoms with Crippen molar-refractivity contribution in [2.24, 2.45) is 0 Å². The van der Waals surface area contributed by atoms with Gasteiger partial charge in [0.15, 0.2) is 15.7 Å². The fourth-order valence-electron chi connectivity index (χ4n) is 3.21. The van der Waals surface area contributed by atoms with Crippen molar-refractivity contribution < 1.29 is 8.42 Å². The Morgan fingerprint density at radius 3 is 2.54 bits per heavy atom. The van der Waals surface area contributed by atoms with Gasteiger partial charge >= 0.3 is 0 Å². The highest BCUT2D eigenvalue weighted by molar-refractivity contribution is 7.91. The molecule has 0 radical (unpaired) electrons. The van der Waals surface area contributed by atoms with Gasteiger partial charge in [0.05, 0.1) is 17.5 Å². The van der Waals surface area contributed by atoms with E-state index in [2.05, 4.69) is 20.1 Å². The van der Waals surface area contributed by atoms with Crippen molar-refractivity contribution in [3.63, 3.8) is 0 Å². The number of aromatic nitrogens is 5. The molecule has 0 amide bonds. The number of sulfone groups is 1. The molecule has 7 nitrogen and oxygen atoms in total. The second kappa shape index (κ2) is 6.95. The number of hydrogen-bond donors (Lipinski definition) is 0. The van der Waals surface area contributed by atoms with Crippen LogP contribution in [0.3, 0.4) is 0 Å². The van der Waals surface area contributed by atoms with Crippen LogP contribution in [-0.4, -0.2) is 44.7 Å². The molecule has 0 aromatic carbocycles. The molecule has 4 rings (SSSR count). The molecular weight excluding hydrogens is 350 g/mol. The first-order valence-electron chi connectivity index (χ1n) is 8.56. The molecule has 1 fully saturated rings. The number of hydrogen-bond acceptors (Lipinski definition) is 6. The summed E-state index contributed by atoms with van der Waals surface area (Å²) in [6.45, 7) is 0. The molecule has 8 heteroatoms. The SMILES string of the molecule is O=S1(=O)CC[C@@H](n2nc(-c3cccnc3)nc2CCc2cccnc2)C1. The van der Waals surface area contributed by atoms with Crippen LogP contribution < -0.4 is 0 Å². The Morgan fingerprint density at radius 2 is 1.88 bits per heavy atom. The largest absolute Gasteiger partial charge is 0.264 e. The van der Waals surface area contributed by atoms with E-state index >= 15 is 0 Å². The second-order valence-electron chi connectivity index (χ2n) is 6.46. The molecule has 0 bridgehead atoms. The van der Waals surface area contributed by atoms with Gasteiger partial charge < -0.3 is 0 Å². The molecule has 1 saturated heterocycles. The van der Waals surface area contributed by atoms with Gasteiger partial charge in [-0.15, -0.1) is 0 Å². The van der Waals surface area contributed by atoms with Crippen LogP contribution >= 0.6 is 0 Å². The van der Waals surface area contributed by atoms with E-state index in [0.29, 0.717) is 18.7 Å². The van der Waals surface area contributed by atoms with Gasteiger partial charge in [-0.1, -0.05) is 6.07 Å². The van der Waals surface area contributed by atoms with Crippen LogP contribution in [0.5, 0.6) is 0 Å². The third-order valence-corrected chi connectivity index (χ3v) is 6.29. The molecule has 0 aliphatic carbocycles. The fraction of sp³-hybridized carbons (Fsp3) is 0.333. The molecule has 26 heavy (non-hydrogen) atoms. The molecule has 134 valence electrons. The van der Waals surface area contributed by atoms with Crippen molar-refractivity contribution in [2.45, 2.75) is 25.3 Å². The molecular formula is C18H19N5O2S. The highest BCUT2D eigenvalue weighted by Crippen LogP contribution is 2.26. The highest BCUT2D eigenvalue weighted by atomic mass is 32.2. The van der Waals surface area contributed by atoms with Gasteiger partial charge in [-0.3, -0.25) is 9.97 Å². The summed E-state index contributed by atoms with van der Waals surface area (Å²) in [4.78, 5) is 12.9. The minimum Gasteiger partial charge on any atom is -0.264 e. The van der Waals surface area contributed by atoms with Crippen LogP contribution in [0.2, 0.25) is 0 Å². The maximum Gasteiger partial charge on any atom is 0.182 e. The Morgan fingerprint density at radius 1 is 1.08 bits per heavy atom. The van der Waals surface area contributed by atoms with Gasteiger partial charge in [-0.25, -0.2) is 18.1 Å². The van der Waals surface area contributed by atoms with Gasteiger partial charge in [0.25, 0.3) is 0 Å². The first-order valence-corrected chi connectivity index (χ1v) is 10.4. The van der Waals surface area contributed by atoms with Crippen LogP contribution in [0.1, 0.15) is 23.9 Å². The molecule has 0 unspecified atom stereocenters. The Balaban J connectivity index is 1.65. The molecule has 0 spiro atoms. The molecule has 1 aliphatic heterocycles. The normalized spacial score (nSPS) is 18.8. The summed E-state index contributed by atoms with van der Waals surface area (Å²) in [7, 11) is -2.99. The van der Waals surface area contributed by atoms with E-state index in [4.69, 9.17) is 0 Å². The van der Waals surface area contributed by atoms with Gasteiger partial charge in [-0.2, -0.15) is 5.10 Å². The second-order valence-corrected chi connectivity index (χ2v) is 8.68. The summed E-state index contributed by atoms with van der Waals surface area (Å²) in [6, 6.07) is 7.52. The number of rotatable bonds is 5. The topological polar surface area (TPSA) is 90.6 Å². The molecule has 1 aliphatic rings. The molecule has 4 heterocycles. The minimum atomic E-state index is -2.99. The molecule has 1 atom stereocenters. The van der Waals surface area contributed by atoms with E-state index in [1.807, 2.05) is 35.1 Å². The molecule has 3 aromatic heterocycles. The Hall–Kier alpha value is -2.61. The third-order valence-electron chi connectivity index (χ3n) is 4.54. The standard InChI is InChI=1S/C18H19N5O2S/c24-26(25)10-7-16(13-26)23-17(6-5-14-3-1-8-19-11-14)21-18(22-23)15-4-2-9-20-12-15/h1-4,8-9,11-12,16H,5-7,10,13H2/t16-/m1/s1. The predicted molar refractivity (Wildman–Crippen MR) is 97.2 cm³/mol. The summed E-state index contributed by atoms with van der Waals surface area (Å²) >= 11 is 0. The Labute approximate surface area is 152 Å². The van der Waals surface area contributed by atoms with Crippen molar-refractivity contribution in [3.05, 3.63) is 60.4 Å². The van der Waals surface area contributed by atoms with E-state index in [1.54, 1.807) is 18.6 Å². The maximum absolute atomic E-state index is 11.9. The zero-order valence-electron chi connectivity index (χ0n) is 14.2. The van der Waals surface area contributed by atoms with Crippen LogP contribution in [0, 0.1) is 0 Å². The lowest BCUT2D eigenvalue weighted by Gasteiger charge is -2.11. The van der Waals surface area contributed by atoms with Gasteiger partial charge in [0, 0.05) is 36.8 Å². The van der Waals surface area contributed by atoms with Crippen molar-refractivity contribution in [1.29, 1.82) is 0 Å². The smallest absolute Gasteiger partial charge is 0.182 e. The fourth-order valence-corrected chi connectivity index (χ4v) is 4.90. The van der Waals surface area contributed by atoms with E-state index in [1.165, 1.54) is 0 Å². The van der Waals surface area contributed by atoms with Crippen LogP contribution in [0.4, 0.5) is 0 Å². The summed E-state index contributed by atoms with van der Waals surface area (Å²) in [6.07, 6.45) is 9.04. The summed E-state index contributed by atoms with van der Waals surface area (Å²) < 4.78 is 25.6. The molecule has 0 N–H and O–H groups in total.